The van der Waals surface area contributed by atoms with Gasteiger partial charge in [0.1, 0.15) is 0 Å². The lowest BCUT2D eigenvalue weighted by Gasteiger charge is -2.39. The van der Waals surface area contributed by atoms with Crippen molar-refractivity contribution in [3.05, 3.63) is 12.2 Å². The zero-order valence-electron chi connectivity index (χ0n) is 8.96. The van der Waals surface area contributed by atoms with Gasteiger partial charge in [0.25, 0.3) is 0 Å². The molecule has 0 unspecified atom stereocenters. The van der Waals surface area contributed by atoms with Gasteiger partial charge >= 0.3 is 0 Å². The Balaban J connectivity index is 2.13. The molecule has 0 N–H and O–H groups in total. The summed E-state index contributed by atoms with van der Waals surface area (Å²) in [6, 6.07) is 0.946. The van der Waals surface area contributed by atoms with Crippen molar-refractivity contribution in [2.24, 2.45) is 0 Å². The van der Waals surface area contributed by atoms with Crippen molar-refractivity contribution < 1.29 is 4.79 Å². The molecule has 0 bridgehead atoms. The SMILES string of the molecule is C=C1C[C@@H](CCC)N2C(=O)CC[C@H]2C1. The van der Waals surface area contributed by atoms with E-state index in [1.165, 1.54) is 5.57 Å². The van der Waals surface area contributed by atoms with E-state index in [1.54, 1.807) is 0 Å². The predicted molar refractivity (Wildman–Crippen MR) is 56.9 cm³/mol. The molecule has 2 heteroatoms. The Morgan fingerprint density at radius 1 is 1.50 bits per heavy atom. The highest BCUT2D eigenvalue weighted by Crippen LogP contribution is 2.35. The third-order valence-corrected chi connectivity index (χ3v) is 3.44. The number of fused-ring (bicyclic) bond motifs is 1. The van der Waals surface area contributed by atoms with E-state index in [9.17, 15) is 4.79 Å². The smallest absolute Gasteiger partial charge is 0.223 e. The van der Waals surface area contributed by atoms with Gasteiger partial charge in [-0.2, -0.15) is 0 Å². The quantitative estimate of drug-likeness (QED) is 0.617. The van der Waals surface area contributed by atoms with E-state index in [0.29, 0.717) is 18.0 Å². The first-order chi connectivity index (χ1) is 6.72. The number of amides is 1. The standard InChI is InChI=1S/C12H19NO/c1-3-4-10-7-9(2)8-11-5-6-12(14)13(10)11/h10-11H,2-8H2,1H3/t10-,11+/m1/s1. The predicted octanol–water partition coefficient (Wildman–Crippen LogP) is 2.50. The van der Waals surface area contributed by atoms with Crippen molar-refractivity contribution in [3.63, 3.8) is 0 Å². The molecule has 2 fully saturated rings. The number of hydrogen-bond acceptors (Lipinski definition) is 1. The second-order valence-corrected chi connectivity index (χ2v) is 4.59. The molecular formula is C12H19NO. The fourth-order valence-electron chi connectivity index (χ4n) is 2.89. The van der Waals surface area contributed by atoms with Crippen LogP contribution in [0.1, 0.15) is 45.4 Å². The maximum absolute atomic E-state index is 11.7. The van der Waals surface area contributed by atoms with Crippen molar-refractivity contribution in [1.29, 1.82) is 0 Å². The van der Waals surface area contributed by atoms with E-state index < -0.39 is 0 Å². The Morgan fingerprint density at radius 3 is 3.00 bits per heavy atom. The molecule has 2 atom stereocenters. The molecule has 0 aliphatic carbocycles. The van der Waals surface area contributed by atoms with Gasteiger partial charge in [-0.3, -0.25) is 4.79 Å². The number of rotatable bonds is 2. The highest BCUT2D eigenvalue weighted by Gasteiger charge is 2.39. The summed E-state index contributed by atoms with van der Waals surface area (Å²) in [5.41, 5.74) is 1.35. The molecule has 1 amide bonds. The molecule has 0 aromatic rings. The van der Waals surface area contributed by atoms with Crippen molar-refractivity contribution in [2.75, 3.05) is 0 Å². The Kier molecular flexibility index (Phi) is 2.62. The number of nitrogens with zero attached hydrogens (tertiary/aromatic N) is 1. The summed E-state index contributed by atoms with van der Waals surface area (Å²) in [6.07, 6.45) is 6.20. The summed E-state index contributed by atoms with van der Waals surface area (Å²) in [7, 11) is 0. The molecule has 2 aliphatic heterocycles. The van der Waals surface area contributed by atoms with Gasteiger partial charge in [-0.15, -0.1) is 0 Å². The fourth-order valence-corrected chi connectivity index (χ4v) is 2.89. The van der Waals surface area contributed by atoms with Crippen LogP contribution in [0.25, 0.3) is 0 Å². The van der Waals surface area contributed by atoms with Gasteiger partial charge < -0.3 is 4.90 Å². The normalized spacial score (nSPS) is 32.2. The Morgan fingerprint density at radius 2 is 2.29 bits per heavy atom. The summed E-state index contributed by atoms with van der Waals surface area (Å²) >= 11 is 0. The minimum atomic E-state index is 0.376. The van der Waals surface area contributed by atoms with Crippen LogP contribution in [0.5, 0.6) is 0 Å². The van der Waals surface area contributed by atoms with Crippen molar-refractivity contribution in [3.8, 4) is 0 Å². The van der Waals surface area contributed by atoms with Crippen LogP contribution in [0.15, 0.2) is 12.2 Å². The molecule has 2 aliphatic rings. The molecule has 2 saturated heterocycles. The number of carbonyl (C=O) groups is 1. The largest absolute Gasteiger partial charge is 0.336 e. The Hall–Kier alpha value is -0.790. The first-order valence-electron chi connectivity index (χ1n) is 5.70. The van der Waals surface area contributed by atoms with Crippen molar-refractivity contribution in [2.45, 2.75) is 57.5 Å². The van der Waals surface area contributed by atoms with Crippen LogP contribution in [-0.4, -0.2) is 22.9 Å². The lowest BCUT2D eigenvalue weighted by atomic mass is 9.90. The summed E-state index contributed by atoms with van der Waals surface area (Å²) in [4.78, 5) is 13.8. The molecule has 0 aromatic heterocycles. The van der Waals surface area contributed by atoms with Gasteiger partial charge in [-0.1, -0.05) is 25.5 Å². The van der Waals surface area contributed by atoms with Gasteiger partial charge in [-0.25, -0.2) is 0 Å². The average Bonchev–Trinajstić information content (AvgIpc) is 2.48. The van der Waals surface area contributed by atoms with E-state index >= 15 is 0 Å². The van der Waals surface area contributed by atoms with Gasteiger partial charge in [0.2, 0.25) is 5.91 Å². The third kappa shape index (κ3) is 1.58. The summed E-state index contributed by atoms with van der Waals surface area (Å²) in [5.74, 6) is 0.376. The zero-order valence-corrected chi connectivity index (χ0v) is 8.96. The van der Waals surface area contributed by atoms with Gasteiger partial charge in [0, 0.05) is 18.5 Å². The van der Waals surface area contributed by atoms with Gasteiger partial charge in [0.05, 0.1) is 0 Å². The van der Waals surface area contributed by atoms with Crippen LogP contribution in [0.3, 0.4) is 0 Å². The van der Waals surface area contributed by atoms with Gasteiger partial charge in [0.15, 0.2) is 0 Å². The van der Waals surface area contributed by atoms with Crippen molar-refractivity contribution in [1.82, 2.24) is 4.90 Å². The Bertz CT molecular complexity index is 259. The highest BCUT2D eigenvalue weighted by atomic mass is 16.2. The minimum absolute atomic E-state index is 0.376. The van der Waals surface area contributed by atoms with E-state index in [0.717, 1.165) is 38.5 Å². The number of carbonyl (C=O) groups excluding carboxylic acids is 1. The molecule has 2 nitrogen and oxygen atoms in total. The molecule has 0 spiro atoms. The Labute approximate surface area is 86.0 Å². The molecule has 14 heavy (non-hydrogen) atoms. The first-order valence-corrected chi connectivity index (χ1v) is 5.70. The topological polar surface area (TPSA) is 20.3 Å². The van der Waals surface area contributed by atoms with Crippen LogP contribution in [0.2, 0.25) is 0 Å². The lowest BCUT2D eigenvalue weighted by molar-refractivity contribution is -0.132. The van der Waals surface area contributed by atoms with Crippen LogP contribution >= 0.6 is 0 Å². The zero-order chi connectivity index (χ0) is 10.1. The van der Waals surface area contributed by atoms with Gasteiger partial charge in [-0.05, 0) is 25.7 Å². The average molecular weight is 193 g/mol. The maximum Gasteiger partial charge on any atom is 0.223 e. The lowest BCUT2D eigenvalue weighted by Crippen LogP contribution is -2.45. The second kappa shape index (κ2) is 3.76. The first kappa shape index (κ1) is 9.75. The summed E-state index contributed by atoms with van der Waals surface area (Å²) in [6.45, 7) is 6.28. The van der Waals surface area contributed by atoms with E-state index in [-0.39, 0.29) is 0 Å². The van der Waals surface area contributed by atoms with E-state index in [1.807, 2.05) is 0 Å². The van der Waals surface area contributed by atoms with Crippen LogP contribution < -0.4 is 0 Å². The maximum atomic E-state index is 11.7. The highest BCUT2D eigenvalue weighted by molar-refractivity contribution is 5.79. The van der Waals surface area contributed by atoms with Crippen LogP contribution in [0, 0.1) is 0 Å². The molecule has 0 radical (unpaired) electrons. The third-order valence-electron chi connectivity index (χ3n) is 3.44. The number of piperidine rings is 1. The molecule has 0 saturated carbocycles. The molecule has 0 aromatic carbocycles. The second-order valence-electron chi connectivity index (χ2n) is 4.59. The van der Waals surface area contributed by atoms with E-state index in [4.69, 9.17) is 0 Å². The number of hydrogen-bond donors (Lipinski definition) is 0. The molecule has 2 heterocycles. The van der Waals surface area contributed by atoms with Crippen LogP contribution in [0.4, 0.5) is 0 Å². The summed E-state index contributed by atoms with van der Waals surface area (Å²) < 4.78 is 0. The minimum Gasteiger partial charge on any atom is -0.336 e. The van der Waals surface area contributed by atoms with Crippen molar-refractivity contribution >= 4 is 5.91 Å². The summed E-state index contributed by atoms with van der Waals surface area (Å²) in [5, 5.41) is 0. The molecular weight excluding hydrogens is 174 g/mol. The van der Waals surface area contributed by atoms with E-state index in [2.05, 4.69) is 18.4 Å². The molecule has 78 valence electrons. The van der Waals surface area contributed by atoms with Crippen LogP contribution in [-0.2, 0) is 4.79 Å². The molecule has 2 rings (SSSR count). The fraction of sp³-hybridized carbons (Fsp3) is 0.750. The monoisotopic (exact) mass is 193 g/mol.